The summed E-state index contributed by atoms with van der Waals surface area (Å²) < 4.78 is 0. The molecule has 2 aromatic rings. The van der Waals surface area contributed by atoms with Crippen LogP contribution in [0.2, 0.25) is 5.02 Å². The highest BCUT2D eigenvalue weighted by Crippen LogP contribution is 2.27. The number of rotatable bonds is 3. The van der Waals surface area contributed by atoms with E-state index in [-0.39, 0.29) is 5.54 Å². The predicted octanol–water partition coefficient (Wildman–Crippen LogP) is 4.95. The Bertz CT molecular complexity index is 652. The van der Waals surface area contributed by atoms with Gasteiger partial charge >= 0.3 is 0 Å². The molecule has 0 fully saturated rings. The van der Waals surface area contributed by atoms with Crippen LogP contribution in [0, 0.1) is 0 Å². The minimum absolute atomic E-state index is 0.0396. The van der Waals surface area contributed by atoms with Crippen molar-refractivity contribution in [2.45, 2.75) is 26.3 Å². The molecule has 3 heteroatoms. The molecule has 0 aliphatic rings. The summed E-state index contributed by atoms with van der Waals surface area (Å²) in [6, 6.07) is 13.7. The number of nitrogens with two attached hydrogens (primary N) is 1. The van der Waals surface area contributed by atoms with Crippen LogP contribution in [0.5, 0.6) is 0 Å². The highest BCUT2D eigenvalue weighted by Gasteiger charge is 2.12. The van der Waals surface area contributed by atoms with Gasteiger partial charge in [-0.1, -0.05) is 30.3 Å². The smallest absolute Gasteiger partial charge is 0.0406 e. The molecule has 0 atom stereocenters. The minimum atomic E-state index is -0.0396. The van der Waals surface area contributed by atoms with Crippen LogP contribution in [0.25, 0.3) is 16.8 Å². The van der Waals surface area contributed by atoms with Gasteiger partial charge in [-0.3, -0.25) is 0 Å². The monoisotopic (exact) mass is 300 g/mol. The first-order valence-electron chi connectivity index (χ1n) is 6.88. The molecule has 21 heavy (non-hydrogen) atoms. The van der Waals surface area contributed by atoms with Gasteiger partial charge in [0.1, 0.15) is 0 Å². The fourth-order valence-corrected chi connectivity index (χ4v) is 2.29. The van der Waals surface area contributed by atoms with E-state index in [1.807, 2.05) is 36.4 Å². The molecular formula is C18H21ClN2. The molecule has 0 aliphatic carbocycles. The SMILES string of the molecule is C=C(NC(C)(C)C)c1cc(N)cc(-c2ccc(Cl)cc2)c1. The summed E-state index contributed by atoms with van der Waals surface area (Å²) in [6.45, 7) is 10.4. The van der Waals surface area contributed by atoms with Crippen LogP contribution < -0.4 is 11.1 Å². The summed E-state index contributed by atoms with van der Waals surface area (Å²) in [5.41, 5.74) is 10.7. The van der Waals surface area contributed by atoms with Gasteiger partial charge in [0.25, 0.3) is 0 Å². The fraction of sp³-hybridized carbons (Fsp3) is 0.222. The van der Waals surface area contributed by atoms with Gasteiger partial charge in [0.05, 0.1) is 0 Å². The summed E-state index contributed by atoms with van der Waals surface area (Å²) in [7, 11) is 0. The lowest BCUT2D eigenvalue weighted by atomic mass is 10.00. The Kier molecular flexibility index (Phi) is 4.29. The Morgan fingerprint density at radius 2 is 1.67 bits per heavy atom. The summed E-state index contributed by atoms with van der Waals surface area (Å²) in [5, 5.41) is 4.10. The number of nitrogen functional groups attached to an aromatic ring is 1. The molecule has 0 spiro atoms. The van der Waals surface area contributed by atoms with Gasteiger partial charge in [-0.2, -0.15) is 0 Å². The Morgan fingerprint density at radius 3 is 2.24 bits per heavy atom. The molecule has 110 valence electrons. The second kappa shape index (κ2) is 5.82. The lowest BCUT2D eigenvalue weighted by Gasteiger charge is -2.24. The van der Waals surface area contributed by atoms with E-state index in [1.54, 1.807) is 0 Å². The number of benzene rings is 2. The summed E-state index contributed by atoms with van der Waals surface area (Å²) in [6.07, 6.45) is 0. The molecule has 0 aromatic heterocycles. The standard InChI is InChI=1S/C18H21ClN2/c1-12(21-18(2,3)4)14-9-15(11-17(20)10-14)13-5-7-16(19)8-6-13/h5-11,21H,1,20H2,2-4H3. The molecule has 0 saturated carbocycles. The maximum Gasteiger partial charge on any atom is 0.0406 e. The third-order valence-corrected chi connectivity index (χ3v) is 3.26. The van der Waals surface area contributed by atoms with Crippen molar-refractivity contribution in [2.75, 3.05) is 5.73 Å². The first kappa shape index (κ1) is 15.5. The second-order valence-electron chi connectivity index (χ2n) is 6.20. The van der Waals surface area contributed by atoms with Crippen molar-refractivity contribution in [3.05, 3.63) is 59.6 Å². The average Bonchev–Trinajstić information content (AvgIpc) is 2.36. The van der Waals surface area contributed by atoms with E-state index in [2.05, 4.69) is 38.7 Å². The maximum atomic E-state index is 6.03. The molecule has 0 saturated heterocycles. The molecule has 2 rings (SSSR count). The first-order chi connectivity index (χ1) is 9.74. The Labute approximate surface area is 131 Å². The van der Waals surface area contributed by atoms with E-state index in [4.69, 9.17) is 17.3 Å². The fourth-order valence-electron chi connectivity index (χ4n) is 2.16. The van der Waals surface area contributed by atoms with Crippen molar-refractivity contribution in [3.8, 4) is 11.1 Å². The predicted molar refractivity (Wildman–Crippen MR) is 93.2 cm³/mol. The van der Waals surface area contributed by atoms with Crippen LogP contribution in [0.15, 0.2) is 49.0 Å². The molecule has 0 unspecified atom stereocenters. The zero-order chi connectivity index (χ0) is 15.6. The zero-order valence-corrected chi connectivity index (χ0v) is 13.5. The van der Waals surface area contributed by atoms with Crippen molar-refractivity contribution in [3.63, 3.8) is 0 Å². The molecule has 0 radical (unpaired) electrons. The van der Waals surface area contributed by atoms with Gasteiger partial charge in [0.2, 0.25) is 0 Å². The molecule has 2 aromatic carbocycles. The van der Waals surface area contributed by atoms with Crippen molar-refractivity contribution in [1.82, 2.24) is 5.32 Å². The number of halogens is 1. The largest absolute Gasteiger partial charge is 0.399 e. The number of anilines is 1. The van der Waals surface area contributed by atoms with Gasteiger partial charge in [0.15, 0.2) is 0 Å². The number of nitrogens with one attached hydrogen (secondary N) is 1. The van der Waals surface area contributed by atoms with Crippen LogP contribution in [0.1, 0.15) is 26.3 Å². The quantitative estimate of drug-likeness (QED) is 0.787. The number of hydrogen-bond donors (Lipinski definition) is 2. The lowest BCUT2D eigenvalue weighted by molar-refractivity contribution is 0.502. The Balaban J connectivity index is 2.37. The van der Waals surface area contributed by atoms with Crippen LogP contribution in [0.3, 0.4) is 0 Å². The maximum absolute atomic E-state index is 6.03. The third-order valence-electron chi connectivity index (χ3n) is 3.01. The highest BCUT2D eigenvalue weighted by atomic mass is 35.5. The third kappa shape index (κ3) is 4.27. The van der Waals surface area contributed by atoms with Crippen molar-refractivity contribution in [2.24, 2.45) is 0 Å². The Morgan fingerprint density at radius 1 is 1.05 bits per heavy atom. The van der Waals surface area contributed by atoms with E-state index < -0.39 is 0 Å². The molecule has 2 nitrogen and oxygen atoms in total. The molecule has 0 aliphatic heterocycles. The Hall–Kier alpha value is -1.93. The van der Waals surface area contributed by atoms with Crippen molar-refractivity contribution >= 4 is 23.0 Å². The molecule has 3 N–H and O–H groups in total. The number of hydrogen-bond acceptors (Lipinski definition) is 2. The van der Waals surface area contributed by atoms with Crippen LogP contribution in [-0.4, -0.2) is 5.54 Å². The average molecular weight is 301 g/mol. The van der Waals surface area contributed by atoms with Crippen molar-refractivity contribution in [1.29, 1.82) is 0 Å². The van der Waals surface area contributed by atoms with Crippen molar-refractivity contribution < 1.29 is 0 Å². The van der Waals surface area contributed by atoms with Gasteiger partial charge in [0, 0.05) is 21.9 Å². The van der Waals surface area contributed by atoms with Crippen LogP contribution in [-0.2, 0) is 0 Å². The van der Waals surface area contributed by atoms with Crippen LogP contribution >= 0.6 is 11.6 Å². The first-order valence-corrected chi connectivity index (χ1v) is 7.26. The van der Waals surface area contributed by atoms with E-state index in [1.165, 1.54) is 0 Å². The van der Waals surface area contributed by atoms with Gasteiger partial charge in [-0.25, -0.2) is 0 Å². The van der Waals surface area contributed by atoms with E-state index in [0.29, 0.717) is 5.69 Å². The zero-order valence-electron chi connectivity index (χ0n) is 12.7. The molecule has 0 heterocycles. The van der Waals surface area contributed by atoms with E-state index in [0.717, 1.165) is 27.4 Å². The highest BCUT2D eigenvalue weighted by molar-refractivity contribution is 6.30. The second-order valence-corrected chi connectivity index (χ2v) is 6.64. The lowest BCUT2D eigenvalue weighted by Crippen LogP contribution is -2.33. The summed E-state index contributed by atoms with van der Waals surface area (Å²) in [4.78, 5) is 0. The van der Waals surface area contributed by atoms with Gasteiger partial charge < -0.3 is 11.1 Å². The molecule has 0 amide bonds. The van der Waals surface area contributed by atoms with Crippen LogP contribution in [0.4, 0.5) is 5.69 Å². The van der Waals surface area contributed by atoms with Gasteiger partial charge in [-0.05, 0) is 67.8 Å². The topological polar surface area (TPSA) is 38.0 Å². The summed E-state index contributed by atoms with van der Waals surface area (Å²) >= 11 is 5.94. The minimum Gasteiger partial charge on any atom is -0.399 e. The molecule has 0 bridgehead atoms. The van der Waals surface area contributed by atoms with Gasteiger partial charge in [-0.15, -0.1) is 0 Å². The van der Waals surface area contributed by atoms with E-state index >= 15 is 0 Å². The normalized spacial score (nSPS) is 11.2. The van der Waals surface area contributed by atoms with E-state index in [9.17, 15) is 0 Å². The summed E-state index contributed by atoms with van der Waals surface area (Å²) in [5.74, 6) is 0. The molecular weight excluding hydrogens is 280 g/mol.